The molecule has 0 aromatic heterocycles. The largest absolute Gasteiger partial charge is 0.322 e. The minimum absolute atomic E-state index is 0.137. The van der Waals surface area contributed by atoms with Gasteiger partial charge in [-0.15, -0.1) is 0 Å². The molecule has 2 rings (SSSR count). The van der Waals surface area contributed by atoms with Crippen molar-refractivity contribution in [1.82, 2.24) is 4.31 Å². The maximum Gasteiger partial charge on any atom is 0.258 e. The number of sulfonamides is 1. The predicted molar refractivity (Wildman–Crippen MR) is 100 cm³/mol. The number of anilines is 1. The van der Waals surface area contributed by atoms with Crippen molar-refractivity contribution >= 4 is 21.6 Å². The Morgan fingerprint density at radius 2 is 1.78 bits per heavy atom. The lowest BCUT2D eigenvalue weighted by molar-refractivity contribution is 0.102. The van der Waals surface area contributed by atoms with Crippen molar-refractivity contribution in [1.29, 1.82) is 5.26 Å². The summed E-state index contributed by atoms with van der Waals surface area (Å²) in [6, 6.07) is 11.7. The second-order valence-corrected chi connectivity index (χ2v) is 7.65. The molecule has 2 aromatic carbocycles. The maximum absolute atomic E-state index is 14.1. The number of halogens is 1. The summed E-state index contributed by atoms with van der Waals surface area (Å²) in [4.78, 5) is 12.3. The van der Waals surface area contributed by atoms with Gasteiger partial charge in [-0.2, -0.15) is 9.57 Å². The lowest BCUT2D eigenvalue weighted by Crippen LogP contribution is -2.31. The van der Waals surface area contributed by atoms with Crippen molar-refractivity contribution in [3.05, 3.63) is 59.4 Å². The summed E-state index contributed by atoms with van der Waals surface area (Å²) < 4.78 is 40.5. The molecule has 0 aliphatic rings. The third kappa shape index (κ3) is 4.70. The van der Waals surface area contributed by atoms with Crippen LogP contribution in [0.2, 0.25) is 0 Å². The molecule has 0 saturated carbocycles. The van der Waals surface area contributed by atoms with Crippen molar-refractivity contribution in [2.75, 3.05) is 18.4 Å². The van der Waals surface area contributed by atoms with Gasteiger partial charge in [0.2, 0.25) is 10.0 Å². The van der Waals surface area contributed by atoms with Gasteiger partial charge in [0, 0.05) is 18.8 Å². The van der Waals surface area contributed by atoms with Gasteiger partial charge in [0.05, 0.1) is 22.9 Å². The average molecular weight is 389 g/mol. The smallest absolute Gasteiger partial charge is 0.258 e. The third-order valence-corrected chi connectivity index (χ3v) is 6.07. The second-order valence-electron chi connectivity index (χ2n) is 5.72. The van der Waals surface area contributed by atoms with Crippen molar-refractivity contribution in [3.8, 4) is 6.07 Å². The van der Waals surface area contributed by atoms with Crippen LogP contribution in [0.15, 0.2) is 47.4 Å². The standard InChI is InChI=1S/C19H20FN3O3S/c1-3-23(4-2)27(25,26)16-9-10-18(20)17(13-16)19(24)22-15-7-5-14(6-8-15)11-12-21/h5-10,13H,3-4,11H2,1-2H3,(H,22,24). The van der Waals surface area contributed by atoms with Gasteiger partial charge in [0.15, 0.2) is 0 Å². The fourth-order valence-electron chi connectivity index (χ4n) is 2.55. The van der Waals surface area contributed by atoms with Crippen LogP contribution in [-0.4, -0.2) is 31.7 Å². The van der Waals surface area contributed by atoms with E-state index < -0.39 is 21.7 Å². The summed E-state index contributed by atoms with van der Waals surface area (Å²) in [7, 11) is -3.80. The monoisotopic (exact) mass is 389 g/mol. The molecule has 1 amide bonds. The van der Waals surface area contributed by atoms with Crippen molar-refractivity contribution < 1.29 is 17.6 Å². The van der Waals surface area contributed by atoms with Gasteiger partial charge >= 0.3 is 0 Å². The van der Waals surface area contributed by atoms with E-state index in [0.717, 1.165) is 23.8 Å². The van der Waals surface area contributed by atoms with E-state index in [1.807, 2.05) is 6.07 Å². The zero-order chi connectivity index (χ0) is 20.0. The Hall–Kier alpha value is -2.76. The minimum Gasteiger partial charge on any atom is -0.322 e. The molecule has 0 radical (unpaired) electrons. The van der Waals surface area contributed by atoms with E-state index in [9.17, 15) is 17.6 Å². The van der Waals surface area contributed by atoms with Gasteiger partial charge in [0.1, 0.15) is 5.82 Å². The van der Waals surface area contributed by atoms with Gasteiger partial charge in [0.25, 0.3) is 5.91 Å². The summed E-state index contributed by atoms with van der Waals surface area (Å²) >= 11 is 0. The fraction of sp³-hybridized carbons (Fsp3) is 0.263. The van der Waals surface area contributed by atoms with E-state index in [1.54, 1.807) is 38.1 Å². The normalized spacial score (nSPS) is 11.2. The first-order chi connectivity index (χ1) is 12.8. The molecule has 142 valence electrons. The Balaban J connectivity index is 2.30. The molecule has 0 aliphatic carbocycles. The highest BCUT2D eigenvalue weighted by Crippen LogP contribution is 2.20. The summed E-state index contributed by atoms with van der Waals surface area (Å²) in [6.45, 7) is 3.95. The van der Waals surface area contributed by atoms with Crippen molar-refractivity contribution in [3.63, 3.8) is 0 Å². The first kappa shape index (κ1) is 20.6. The van der Waals surface area contributed by atoms with Gasteiger partial charge < -0.3 is 5.32 Å². The number of rotatable bonds is 7. The average Bonchev–Trinajstić information content (AvgIpc) is 2.64. The van der Waals surface area contributed by atoms with E-state index >= 15 is 0 Å². The number of nitrogens with one attached hydrogen (secondary N) is 1. The molecular weight excluding hydrogens is 369 g/mol. The van der Waals surface area contributed by atoms with E-state index in [2.05, 4.69) is 5.32 Å². The highest BCUT2D eigenvalue weighted by Gasteiger charge is 2.24. The molecule has 0 spiro atoms. The SMILES string of the molecule is CCN(CC)S(=O)(=O)c1ccc(F)c(C(=O)Nc2ccc(CC#N)cc2)c1. The van der Waals surface area contributed by atoms with Crippen LogP contribution in [0.25, 0.3) is 0 Å². The summed E-state index contributed by atoms with van der Waals surface area (Å²) in [6.07, 6.45) is 0.244. The zero-order valence-corrected chi connectivity index (χ0v) is 15.9. The van der Waals surface area contributed by atoms with E-state index in [4.69, 9.17) is 5.26 Å². The van der Waals surface area contributed by atoms with Crippen LogP contribution in [0.5, 0.6) is 0 Å². The van der Waals surface area contributed by atoms with E-state index in [-0.39, 0.29) is 30.0 Å². The molecule has 0 heterocycles. The van der Waals surface area contributed by atoms with Crippen molar-refractivity contribution in [2.45, 2.75) is 25.2 Å². The van der Waals surface area contributed by atoms with E-state index in [1.165, 1.54) is 4.31 Å². The second kappa shape index (κ2) is 8.75. The maximum atomic E-state index is 14.1. The van der Waals surface area contributed by atoms with Crippen LogP contribution >= 0.6 is 0 Å². The summed E-state index contributed by atoms with van der Waals surface area (Å²) in [5, 5.41) is 11.2. The highest BCUT2D eigenvalue weighted by atomic mass is 32.2. The predicted octanol–water partition coefficient (Wildman–Crippen LogP) is 3.17. The topological polar surface area (TPSA) is 90.3 Å². The number of hydrogen-bond acceptors (Lipinski definition) is 4. The van der Waals surface area contributed by atoms with Crippen molar-refractivity contribution in [2.24, 2.45) is 0 Å². The van der Waals surface area contributed by atoms with Crippen LogP contribution in [0, 0.1) is 17.1 Å². The Labute approximate surface area is 158 Å². The van der Waals surface area contributed by atoms with E-state index in [0.29, 0.717) is 5.69 Å². The number of hydrogen-bond donors (Lipinski definition) is 1. The molecule has 1 N–H and O–H groups in total. The molecule has 0 unspecified atom stereocenters. The molecular formula is C19H20FN3O3S. The van der Waals surface area contributed by atoms with Crippen LogP contribution in [0.1, 0.15) is 29.8 Å². The quantitative estimate of drug-likeness (QED) is 0.787. The first-order valence-electron chi connectivity index (χ1n) is 8.40. The number of carbonyl (C=O) groups is 1. The Kier molecular flexibility index (Phi) is 6.66. The van der Waals surface area contributed by atoms with Gasteiger partial charge in [-0.05, 0) is 35.9 Å². The molecule has 0 fully saturated rings. The number of nitriles is 1. The van der Waals surface area contributed by atoms with Crippen LogP contribution in [0.3, 0.4) is 0 Å². The van der Waals surface area contributed by atoms with Crippen LogP contribution < -0.4 is 5.32 Å². The molecule has 0 bridgehead atoms. The minimum atomic E-state index is -3.80. The van der Waals surface area contributed by atoms with Gasteiger partial charge in [-0.3, -0.25) is 4.79 Å². The molecule has 0 aliphatic heterocycles. The molecule has 27 heavy (non-hydrogen) atoms. The van der Waals surface area contributed by atoms with Gasteiger partial charge in [-0.25, -0.2) is 12.8 Å². The lowest BCUT2D eigenvalue weighted by atomic mass is 10.1. The number of benzene rings is 2. The summed E-state index contributed by atoms with van der Waals surface area (Å²) in [5.41, 5.74) is 0.844. The Morgan fingerprint density at radius 3 is 2.33 bits per heavy atom. The van der Waals surface area contributed by atoms with Crippen LogP contribution in [-0.2, 0) is 16.4 Å². The zero-order valence-electron chi connectivity index (χ0n) is 15.1. The Morgan fingerprint density at radius 1 is 1.15 bits per heavy atom. The fourth-order valence-corrected chi connectivity index (χ4v) is 4.03. The number of amides is 1. The summed E-state index contributed by atoms with van der Waals surface area (Å²) in [5.74, 6) is -1.57. The molecule has 6 nitrogen and oxygen atoms in total. The highest BCUT2D eigenvalue weighted by molar-refractivity contribution is 7.89. The molecule has 0 saturated heterocycles. The molecule has 2 aromatic rings. The van der Waals surface area contributed by atoms with Crippen LogP contribution in [0.4, 0.5) is 10.1 Å². The first-order valence-corrected chi connectivity index (χ1v) is 9.84. The number of nitrogens with zero attached hydrogens (tertiary/aromatic N) is 2. The number of carbonyl (C=O) groups excluding carboxylic acids is 1. The molecule has 0 atom stereocenters. The molecule has 8 heteroatoms. The van der Waals surface area contributed by atoms with Gasteiger partial charge in [-0.1, -0.05) is 26.0 Å². The lowest BCUT2D eigenvalue weighted by Gasteiger charge is -2.19. The Bertz CT molecular complexity index is 963. The third-order valence-electron chi connectivity index (χ3n) is 4.02.